The van der Waals surface area contributed by atoms with Gasteiger partial charge < -0.3 is 5.32 Å². The maximum absolute atomic E-state index is 12.7. The molecule has 6 nitrogen and oxygen atoms in total. The van der Waals surface area contributed by atoms with Gasteiger partial charge in [0.2, 0.25) is 5.91 Å². The van der Waals surface area contributed by atoms with Crippen molar-refractivity contribution >= 4 is 38.9 Å². The van der Waals surface area contributed by atoms with Crippen LogP contribution in [0, 0.1) is 0 Å². The van der Waals surface area contributed by atoms with Gasteiger partial charge in [0.25, 0.3) is 10.0 Å². The number of thiophene rings is 1. The van der Waals surface area contributed by atoms with E-state index in [9.17, 15) is 13.2 Å². The zero-order chi connectivity index (χ0) is 21.8. The van der Waals surface area contributed by atoms with Crippen LogP contribution >= 0.6 is 22.9 Å². The summed E-state index contributed by atoms with van der Waals surface area (Å²) in [6.07, 6.45) is 3.89. The number of nitrogens with one attached hydrogen (secondary N) is 1. The third kappa shape index (κ3) is 5.87. The summed E-state index contributed by atoms with van der Waals surface area (Å²) < 4.78 is 27.2. The van der Waals surface area contributed by atoms with Crippen molar-refractivity contribution in [2.75, 3.05) is 26.2 Å². The van der Waals surface area contributed by atoms with E-state index >= 15 is 0 Å². The molecule has 2 aliphatic rings. The van der Waals surface area contributed by atoms with Crippen molar-refractivity contribution in [3.63, 3.8) is 0 Å². The molecule has 0 aliphatic carbocycles. The largest absolute Gasteiger partial charge is 0.353 e. The standard InChI is InChI=1S/C22H28ClN3O3S2/c23-18-5-3-17(4-6-18)16-25-13-9-19(10-14-25)24-21(27)15-20-7-8-22(30-20)31(28,29)26-11-1-2-12-26/h3-8,19H,1-2,9-16H2,(H,24,27). The topological polar surface area (TPSA) is 69.7 Å². The van der Waals surface area contributed by atoms with Crippen LogP contribution in [0.4, 0.5) is 0 Å². The Labute approximate surface area is 193 Å². The Morgan fingerprint density at radius 3 is 2.39 bits per heavy atom. The second kappa shape index (κ2) is 10.0. The zero-order valence-electron chi connectivity index (χ0n) is 17.4. The van der Waals surface area contributed by atoms with Crippen molar-refractivity contribution in [1.82, 2.24) is 14.5 Å². The van der Waals surface area contributed by atoms with Gasteiger partial charge >= 0.3 is 0 Å². The van der Waals surface area contributed by atoms with Crippen molar-refractivity contribution in [3.8, 4) is 0 Å². The van der Waals surface area contributed by atoms with Gasteiger partial charge in [0.1, 0.15) is 4.21 Å². The second-order valence-electron chi connectivity index (χ2n) is 8.25. The molecule has 0 unspecified atom stereocenters. The number of benzene rings is 1. The molecule has 3 heterocycles. The lowest BCUT2D eigenvalue weighted by Gasteiger charge is -2.32. The van der Waals surface area contributed by atoms with E-state index in [4.69, 9.17) is 11.6 Å². The summed E-state index contributed by atoms with van der Waals surface area (Å²) in [5, 5.41) is 3.87. The summed E-state index contributed by atoms with van der Waals surface area (Å²) in [7, 11) is -3.41. The van der Waals surface area contributed by atoms with E-state index in [2.05, 4.69) is 22.3 Å². The molecule has 0 atom stereocenters. The summed E-state index contributed by atoms with van der Waals surface area (Å²) in [6, 6.07) is 11.5. The smallest absolute Gasteiger partial charge is 0.252 e. The van der Waals surface area contributed by atoms with Gasteiger partial charge in [0, 0.05) is 48.7 Å². The Morgan fingerprint density at radius 2 is 1.71 bits per heavy atom. The van der Waals surface area contributed by atoms with Crippen molar-refractivity contribution in [1.29, 1.82) is 0 Å². The van der Waals surface area contributed by atoms with Crippen LogP contribution < -0.4 is 5.32 Å². The predicted molar refractivity (Wildman–Crippen MR) is 124 cm³/mol. The number of hydrogen-bond donors (Lipinski definition) is 1. The Kier molecular flexibility index (Phi) is 7.33. The highest BCUT2D eigenvalue weighted by Gasteiger charge is 2.29. The first-order chi connectivity index (χ1) is 14.9. The Balaban J connectivity index is 1.23. The van der Waals surface area contributed by atoms with Gasteiger partial charge in [-0.1, -0.05) is 23.7 Å². The molecule has 168 valence electrons. The minimum absolute atomic E-state index is 0.0388. The van der Waals surface area contributed by atoms with E-state index in [1.807, 2.05) is 12.1 Å². The predicted octanol–water partition coefficient (Wildman–Crippen LogP) is 3.51. The maximum atomic E-state index is 12.7. The van der Waals surface area contributed by atoms with E-state index in [0.29, 0.717) is 17.3 Å². The molecule has 0 bridgehead atoms. The van der Waals surface area contributed by atoms with Gasteiger partial charge in [-0.05, 0) is 55.5 Å². The quantitative estimate of drug-likeness (QED) is 0.657. The minimum Gasteiger partial charge on any atom is -0.353 e. The van der Waals surface area contributed by atoms with E-state index in [1.165, 1.54) is 16.9 Å². The number of amides is 1. The van der Waals surface area contributed by atoms with Crippen LogP contribution in [0.25, 0.3) is 0 Å². The van der Waals surface area contributed by atoms with Crippen molar-refractivity contribution < 1.29 is 13.2 Å². The fourth-order valence-corrected chi connectivity index (χ4v) is 7.32. The average molecular weight is 482 g/mol. The molecule has 1 aromatic carbocycles. The molecular weight excluding hydrogens is 454 g/mol. The van der Waals surface area contributed by atoms with Crippen LogP contribution in [0.15, 0.2) is 40.6 Å². The molecule has 0 saturated carbocycles. The Bertz CT molecular complexity index is 993. The molecule has 2 fully saturated rings. The Hall–Kier alpha value is -1.45. The average Bonchev–Trinajstić information content (AvgIpc) is 3.44. The zero-order valence-corrected chi connectivity index (χ0v) is 19.8. The number of halogens is 1. The lowest BCUT2D eigenvalue weighted by atomic mass is 10.0. The highest BCUT2D eigenvalue weighted by atomic mass is 35.5. The SMILES string of the molecule is O=C(Cc1ccc(S(=O)(=O)N2CCCC2)s1)NC1CCN(Cc2ccc(Cl)cc2)CC1. The lowest BCUT2D eigenvalue weighted by molar-refractivity contribution is -0.121. The van der Waals surface area contributed by atoms with Crippen LogP contribution in [0.3, 0.4) is 0 Å². The summed E-state index contributed by atoms with van der Waals surface area (Å²) in [5.41, 5.74) is 1.24. The van der Waals surface area contributed by atoms with Crippen molar-refractivity contribution in [3.05, 3.63) is 51.9 Å². The molecule has 1 N–H and O–H groups in total. The molecule has 4 rings (SSSR count). The number of piperidine rings is 1. The van der Waals surface area contributed by atoms with Gasteiger partial charge in [0.05, 0.1) is 6.42 Å². The van der Waals surface area contributed by atoms with Crippen LogP contribution in [-0.2, 0) is 27.8 Å². The Morgan fingerprint density at radius 1 is 1.03 bits per heavy atom. The lowest BCUT2D eigenvalue weighted by Crippen LogP contribution is -2.44. The molecule has 0 spiro atoms. The normalized spacial score (nSPS) is 19.0. The van der Waals surface area contributed by atoms with Gasteiger partial charge in [-0.3, -0.25) is 9.69 Å². The molecule has 2 saturated heterocycles. The fraction of sp³-hybridized carbons (Fsp3) is 0.500. The number of hydrogen-bond acceptors (Lipinski definition) is 5. The second-order valence-corrected chi connectivity index (χ2v) is 12.0. The van der Waals surface area contributed by atoms with Gasteiger partial charge in [-0.25, -0.2) is 8.42 Å². The van der Waals surface area contributed by atoms with Gasteiger partial charge in [-0.2, -0.15) is 4.31 Å². The fourth-order valence-electron chi connectivity index (χ4n) is 4.17. The highest BCUT2D eigenvalue weighted by molar-refractivity contribution is 7.91. The monoisotopic (exact) mass is 481 g/mol. The number of carbonyl (C=O) groups excluding carboxylic acids is 1. The molecule has 9 heteroatoms. The number of rotatable bonds is 7. The molecular formula is C22H28ClN3O3S2. The molecule has 31 heavy (non-hydrogen) atoms. The third-order valence-corrected chi connectivity index (χ3v) is 9.61. The van der Waals surface area contributed by atoms with E-state index in [-0.39, 0.29) is 18.4 Å². The summed E-state index contributed by atoms with van der Waals surface area (Å²) >= 11 is 7.16. The van der Waals surface area contributed by atoms with Crippen molar-refractivity contribution in [2.45, 2.75) is 48.9 Å². The van der Waals surface area contributed by atoms with Gasteiger partial charge in [0.15, 0.2) is 0 Å². The molecule has 1 amide bonds. The summed E-state index contributed by atoms with van der Waals surface area (Å²) in [5.74, 6) is -0.0388. The number of nitrogens with zero attached hydrogens (tertiary/aromatic N) is 2. The molecule has 1 aromatic heterocycles. The first-order valence-electron chi connectivity index (χ1n) is 10.8. The van der Waals surface area contributed by atoms with Crippen LogP contribution in [0.5, 0.6) is 0 Å². The number of likely N-dealkylation sites (tertiary alicyclic amines) is 1. The summed E-state index contributed by atoms with van der Waals surface area (Å²) in [6.45, 7) is 3.94. The van der Waals surface area contributed by atoms with Crippen LogP contribution in [0.2, 0.25) is 5.02 Å². The molecule has 2 aromatic rings. The van der Waals surface area contributed by atoms with Crippen LogP contribution in [-0.4, -0.2) is 55.8 Å². The summed E-state index contributed by atoms with van der Waals surface area (Å²) in [4.78, 5) is 15.7. The number of sulfonamides is 1. The first-order valence-corrected chi connectivity index (χ1v) is 13.4. The van der Waals surface area contributed by atoms with E-state index < -0.39 is 10.0 Å². The first kappa shape index (κ1) is 22.7. The van der Waals surface area contributed by atoms with Crippen molar-refractivity contribution in [2.24, 2.45) is 0 Å². The highest BCUT2D eigenvalue weighted by Crippen LogP contribution is 2.27. The van der Waals surface area contributed by atoms with E-state index in [0.717, 1.165) is 55.2 Å². The molecule has 2 aliphatic heterocycles. The third-order valence-electron chi connectivity index (χ3n) is 5.90. The maximum Gasteiger partial charge on any atom is 0.252 e. The van der Waals surface area contributed by atoms with Crippen LogP contribution in [0.1, 0.15) is 36.1 Å². The molecule has 0 radical (unpaired) electrons. The minimum atomic E-state index is -3.41. The van der Waals surface area contributed by atoms with E-state index in [1.54, 1.807) is 16.4 Å². The number of carbonyl (C=O) groups is 1. The van der Waals surface area contributed by atoms with Gasteiger partial charge in [-0.15, -0.1) is 11.3 Å².